The molecule has 1 aromatic heterocycles. The zero-order valence-electron chi connectivity index (χ0n) is 20.9. The first kappa shape index (κ1) is 23.8. The second-order valence-electron chi connectivity index (χ2n) is 8.95. The molecule has 36 heavy (non-hydrogen) atoms. The molecule has 3 heterocycles. The Morgan fingerprint density at radius 3 is 2.56 bits per heavy atom. The standard InChI is InChI=1S/C28H27N5O2S/c1-16-10-8-11-23(19(16)4)32-18(3)13-21(20(32)5)14-22-26(29)33-28(30-27(22)34)36-25(31-33)15-35-24-12-7-6-9-17(24)2/h6-14,29H,15H2,1-5H3. The van der Waals surface area contributed by atoms with E-state index in [1.54, 1.807) is 6.08 Å². The van der Waals surface area contributed by atoms with E-state index in [-0.39, 0.29) is 18.0 Å². The number of amidine groups is 2. The van der Waals surface area contributed by atoms with Gasteiger partial charge in [0, 0.05) is 17.1 Å². The summed E-state index contributed by atoms with van der Waals surface area (Å²) in [5.74, 6) is 0.352. The summed E-state index contributed by atoms with van der Waals surface area (Å²) in [6.45, 7) is 10.5. The number of ether oxygens (including phenoxy) is 1. The van der Waals surface area contributed by atoms with E-state index in [2.05, 4.69) is 46.7 Å². The number of nitrogens with zero attached hydrogens (tertiary/aromatic N) is 4. The third-order valence-corrected chi connectivity index (χ3v) is 7.41. The van der Waals surface area contributed by atoms with Gasteiger partial charge in [-0.05, 0) is 92.9 Å². The van der Waals surface area contributed by atoms with E-state index in [1.807, 2.05) is 51.1 Å². The highest BCUT2D eigenvalue weighted by atomic mass is 32.2. The molecule has 0 radical (unpaired) electrons. The number of fused-ring (bicyclic) bond motifs is 1. The SMILES string of the molecule is Cc1ccccc1OCC1=NN2C(=N)C(=Cc3cc(C)n(-c4cccc(C)c4C)c3C)C(=O)N=C2S1. The van der Waals surface area contributed by atoms with E-state index in [9.17, 15) is 4.79 Å². The van der Waals surface area contributed by atoms with Crippen molar-refractivity contribution in [2.75, 3.05) is 6.61 Å². The van der Waals surface area contributed by atoms with Crippen LogP contribution in [-0.4, -0.2) is 38.1 Å². The molecular formula is C28H27N5O2S. The first-order chi connectivity index (χ1) is 17.2. The number of carbonyl (C=O) groups excluding carboxylic acids is 1. The average Bonchev–Trinajstić information content (AvgIpc) is 3.38. The van der Waals surface area contributed by atoms with Crippen LogP contribution < -0.4 is 4.74 Å². The second kappa shape index (κ2) is 9.28. The number of hydrogen-bond acceptors (Lipinski definition) is 5. The average molecular weight is 498 g/mol. The minimum absolute atomic E-state index is 0.0138. The van der Waals surface area contributed by atoms with Crippen molar-refractivity contribution >= 4 is 39.8 Å². The second-order valence-corrected chi connectivity index (χ2v) is 9.99. The summed E-state index contributed by atoms with van der Waals surface area (Å²) in [5.41, 5.74) is 7.70. The molecule has 2 aliphatic heterocycles. The van der Waals surface area contributed by atoms with Crippen molar-refractivity contribution in [2.24, 2.45) is 10.1 Å². The molecule has 8 heteroatoms. The number of carbonyl (C=O) groups is 1. The van der Waals surface area contributed by atoms with Crippen LogP contribution in [0.1, 0.15) is 33.6 Å². The van der Waals surface area contributed by atoms with Gasteiger partial charge in [-0.15, -0.1) is 0 Å². The summed E-state index contributed by atoms with van der Waals surface area (Å²) in [4.78, 5) is 17.1. The van der Waals surface area contributed by atoms with E-state index in [0.29, 0.717) is 10.2 Å². The van der Waals surface area contributed by atoms with Gasteiger partial charge in [-0.3, -0.25) is 10.2 Å². The van der Waals surface area contributed by atoms with Crippen LogP contribution in [0.5, 0.6) is 5.75 Å². The summed E-state index contributed by atoms with van der Waals surface area (Å²) in [6, 6.07) is 16.0. The molecule has 0 saturated heterocycles. The van der Waals surface area contributed by atoms with E-state index in [0.717, 1.165) is 34.0 Å². The Hall–Kier alpha value is -3.91. The van der Waals surface area contributed by atoms with Crippen LogP contribution in [0, 0.1) is 40.0 Å². The third kappa shape index (κ3) is 4.18. The molecule has 0 atom stereocenters. The lowest BCUT2D eigenvalue weighted by Crippen LogP contribution is -2.35. The summed E-state index contributed by atoms with van der Waals surface area (Å²) in [5, 5.41) is 15.7. The molecule has 2 aliphatic rings. The van der Waals surface area contributed by atoms with Crippen molar-refractivity contribution < 1.29 is 9.53 Å². The van der Waals surface area contributed by atoms with Gasteiger partial charge in [0.1, 0.15) is 17.4 Å². The fourth-order valence-corrected chi connectivity index (χ4v) is 5.18. The Balaban J connectivity index is 1.42. The lowest BCUT2D eigenvalue weighted by molar-refractivity contribution is -0.114. The molecule has 0 fully saturated rings. The van der Waals surface area contributed by atoms with Gasteiger partial charge < -0.3 is 9.30 Å². The zero-order valence-corrected chi connectivity index (χ0v) is 21.7. The highest BCUT2D eigenvalue weighted by molar-refractivity contribution is 8.27. The highest BCUT2D eigenvalue weighted by Crippen LogP contribution is 2.31. The summed E-state index contributed by atoms with van der Waals surface area (Å²) >= 11 is 1.25. The summed E-state index contributed by atoms with van der Waals surface area (Å²) < 4.78 is 8.08. The van der Waals surface area contributed by atoms with E-state index in [4.69, 9.17) is 10.1 Å². The number of aliphatic imine (C=N–C) groups is 1. The van der Waals surface area contributed by atoms with Crippen molar-refractivity contribution in [2.45, 2.75) is 34.6 Å². The molecule has 0 aliphatic carbocycles. The molecule has 0 saturated carbocycles. The first-order valence-corrected chi connectivity index (χ1v) is 12.5. The van der Waals surface area contributed by atoms with Gasteiger partial charge in [-0.1, -0.05) is 30.3 Å². The fraction of sp³-hybridized carbons (Fsp3) is 0.214. The van der Waals surface area contributed by atoms with Gasteiger partial charge in [0.15, 0.2) is 5.84 Å². The number of aryl methyl sites for hydroxylation is 3. The number of hydrogen-bond donors (Lipinski definition) is 1. The van der Waals surface area contributed by atoms with Crippen molar-refractivity contribution in [1.82, 2.24) is 9.58 Å². The number of para-hydroxylation sites is 1. The Morgan fingerprint density at radius 1 is 1.03 bits per heavy atom. The largest absolute Gasteiger partial charge is 0.486 e. The van der Waals surface area contributed by atoms with Crippen LogP contribution in [0.2, 0.25) is 0 Å². The maximum Gasteiger partial charge on any atom is 0.283 e. The van der Waals surface area contributed by atoms with Crippen molar-refractivity contribution in [1.29, 1.82) is 5.41 Å². The zero-order chi connectivity index (χ0) is 25.6. The number of amides is 1. The molecule has 2 aromatic carbocycles. The van der Waals surface area contributed by atoms with E-state index < -0.39 is 5.91 Å². The van der Waals surface area contributed by atoms with E-state index in [1.165, 1.54) is 27.9 Å². The number of aromatic nitrogens is 1. The van der Waals surface area contributed by atoms with Crippen LogP contribution in [-0.2, 0) is 4.79 Å². The molecule has 182 valence electrons. The van der Waals surface area contributed by atoms with Crippen molar-refractivity contribution in [3.8, 4) is 11.4 Å². The van der Waals surface area contributed by atoms with Gasteiger partial charge in [-0.2, -0.15) is 15.1 Å². The predicted octanol–water partition coefficient (Wildman–Crippen LogP) is 5.72. The molecular weight excluding hydrogens is 470 g/mol. The highest BCUT2D eigenvalue weighted by Gasteiger charge is 2.36. The number of thioether (sulfide) groups is 1. The Morgan fingerprint density at radius 2 is 1.78 bits per heavy atom. The molecule has 0 spiro atoms. The molecule has 0 unspecified atom stereocenters. The minimum Gasteiger partial charge on any atom is -0.486 e. The van der Waals surface area contributed by atoms with Crippen LogP contribution in [0.3, 0.4) is 0 Å². The minimum atomic E-state index is -0.438. The van der Waals surface area contributed by atoms with E-state index >= 15 is 0 Å². The first-order valence-electron chi connectivity index (χ1n) is 11.7. The van der Waals surface area contributed by atoms with Gasteiger partial charge in [0.05, 0.1) is 5.57 Å². The van der Waals surface area contributed by atoms with Gasteiger partial charge in [0.2, 0.25) is 5.17 Å². The van der Waals surface area contributed by atoms with Crippen LogP contribution in [0.15, 0.2) is 64.2 Å². The van der Waals surface area contributed by atoms with Crippen LogP contribution in [0.4, 0.5) is 0 Å². The molecule has 7 nitrogen and oxygen atoms in total. The Labute approximate surface area is 214 Å². The number of hydrazone groups is 1. The topological polar surface area (TPSA) is 83.0 Å². The van der Waals surface area contributed by atoms with Gasteiger partial charge >= 0.3 is 0 Å². The quantitative estimate of drug-likeness (QED) is 0.457. The monoisotopic (exact) mass is 497 g/mol. The Kier molecular flexibility index (Phi) is 6.14. The van der Waals surface area contributed by atoms with Crippen molar-refractivity contribution in [3.63, 3.8) is 0 Å². The third-order valence-electron chi connectivity index (χ3n) is 6.53. The Bertz CT molecular complexity index is 1510. The fourth-order valence-electron chi connectivity index (χ4n) is 4.39. The molecule has 3 aromatic rings. The lowest BCUT2D eigenvalue weighted by atomic mass is 10.1. The van der Waals surface area contributed by atoms with Crippen LogP contribution in [0.25, 0.3) is 11.8 Å². The summed E-state index contributed by atoms with van der Waals surface area (Å²) in [7, 11) is 0. The molecule has 0 bridgehead atoms. The molecule has 1 amide bonds. The maximum absolute atomic E-state index is 12.9. The number of rotatable bonds is 5. The number of benzene rings is 2. The lowest BCUT2D eigenvalue weighted by Gasteiger charge is -2.20. The van der Waals surface area contributed by atoms with Gasteiger partial charge in [0.25, 0.3) is 5.91 Å². The predicted molar refractivity (Wildman–Crippen MR) is 146 cm³/mol. The van der Waals surface area contributed by atoms with Crippen molar-refractivity contribution in [3.05, 3.63) is 87.7 Å². The maximum atomic E-state index is 12.9. The van der Waals surface area contributed by atoms with Gasteiger partial charge in [-0.25, -0.2) is 0 Å². The number of nitrogens with one attached hydrogen (secondary N) is 1. The summed E-state index contributed by atoms with van der Waals surface area (Å²) in [6.07, 6.45) is 1.75. The molecule has 1 N–H and O–H groups in total. The molecule has 5 rings (SSSR count). The smallest absolute Gasteiger partial charge is 0.283 e. The van der Waals surface area contributed by atoms with Crippen LogP contribution >= 0.6 is 11.8 Å². The normalized spacial score (nSPS) is 16.4.